The number of allylic oxidation sites excluding steroid dienone is 9. The van der Waals surface area contributed by atoms with Gasteiger partial charge >= 0.3 is 0 Å². The fourth-order valence-electron chi connectivity index (χ4n) is 11.2. The Balaban J connectivity index is 2.12. The number of amides is 1. The molecule has 1 fully saturated rings. The van der Waals surface area contributed by atoms with Crippen molar-refractivity contribution < 1.29 is 39.8 Å². The van der Waals surface area contributed by atoms with Gasteiger partial charge in [-0.3, -0.25) is 4.79 Å². The number of unbranched alkanes of at least 4 members (excludes halogenated alkanes) is 44. The molecule has 0 bridgehead atoms. The Morgan fingerprint density at radius 1 is 0.415 bits per heavy atom. The van der Waals surface area contributed by atoms with E-state index in [1.165, 1.54) is 270 Å². The van der Waals surface area contributed by atoms with Gasteiger partial charge < -0.3 is 40.3 Å². The SMILES string of the molecule is CCCCCCC/C=C\C/C=C\C/C=C\CCCCCCCCCCCCCCCCCCCCCCC(=O)NC(COC1OC(CO)C(O)C(O)C1O)C(O)/C=C/CC/C=C/CCCCCCCCCCCCCCCCCCCC. The third kappa shape index (κ3) is 50.1. The average Bonchev–Trinajstić information content (AvgIpc) is 3.52. The van der Waals surface area contributed by atoms with E-state index in [0.29, 0.717) is 6.42 Å². The molecule has 0 aromatic heterocycles. The van der Waals surface area contributed by atoms with Crippen LogP contribution in [-0.4, -0.2) is 87.5 Å². The molecule has 1 rings (SSSR count). The minimum Gasteiger partial charge on any atom is -0.394 e. The number of carbonyl (C=O) groups excluding carboxylic acids is 1. The molecule has 82 heavy (non-hydrogen) atoms. The molecule has 0 aromatic carbocycles. The summed E-state index contributed by atoms with van der Waals surface area (Å²) in [6.07, 6.45) is 79.0. The summed E-state index contributed by atoms with van der Waals surface area (Å²) >= 11 is 0. The second kappa shape index (κ2) is 62.0. The van der Waals surface area contributed by atoms with Crippen molar-refractivity contribution in [2.24, 2.45) is 0 Å². The van der Waals surface area contributed by atoms with E-state index in [2.05, 4.69) is 67.8 Å². The Labute approximate surface area is 506 Å². The van der Waals surface area contributed by atoms with Crippen LogP contribution >= 0.6 is 0 Å². The summed E-state index contributed by atoms with van der Waals surface area (Å²) in [6.45, 7) is 3.79. The van der Waals surface area contributed by atoms with E-state index < -0.39 is 49.5 Å². The summed E-state index contributed by atoms with van der Waals surface area (Å²) in [5.41, 5.74) is 0. The van der Waals surface area contributed by atoms with Crippen molar-refractivity contribution >= 4 is 5.91 Å². The zero-order valence-corrected chi connectivity index (χ0v) is 53.8. The standard InChI is InChI=1S/C73H135NO8/c1-3-5-7-9-11-13-15-17-19-21-23-25-27-29-30-31-32-33-34-35-36-37-38-39-41-43-45-47-49-51-53-55-57-59-61-63-69(77)74-66(65-81-73-72(80)71(79)70(78)68(64-75)82-73)67(76)62-60-58-56-54-52-50-48-46-44-42-40-28-26-24-22-20-18-16-14-12-10-8-6-4-2/h15,17,21,23,27,29,52,54,60,62,66-68,70-73,75-76,78-80H,3-14,16,18-20,22,24-26,28,30-51,53,55-59,61,63-65H2,1-2H3,(H,74,77)/b17-15-,23-21-,29-27-,54-52+,62-60+. The van der Waals surface area contributed by atoms with Crippen molar-refractivity contribution in [1.82, 2.24) is 5.32 Å². The predicted octanol–water partition coefficient (Wildman–Crippen LogP) is 19.4. The molecule has 9 heteroatoms. The highest BCUT2D eigenvalue weighted by Crippen LogP contribution is 2.23. The van der Waals surface area contributed by atoms with Crippen LogP contribution in [0.4, 0.5) is 0 Å². The second-order valence-corrected chi connectivity index (χ2v) is 24.7. The van der Waals surface area contributed by atoms with Crippen LogP contribution in [0.2, 0.25) is 0 Å². The van der Waals surface area contributed by atoms with Gasteiger partial charge in [-0.05, 0) is 70.6 Å². The van der Waals surface area contributed by atoms with Gasteiger partial charge in [0, 0.05) is 6.42 Å². The number of aliphatic hydroxyl groups excluding tert-OH is 5. The lowest BCUT2D eigenvalue weighted by molar-refractivity contribution is -0.302. The molecule has 480 valence electrons. The van der Waals surface area contributed by atoms with Crippen LogP contribution in [0, 0.1) is 0 Å². The van der Waals surface area contributed by atoms with Crippen LogP contribution in [0.1, 0.15) is 341 Å². The largest absolute Gasteiger partial charge is 0.394 e. The fourth-order valence-corrected chi connectivity index (χ4v) is 11.2. The van der Waals surface area contributed by atoms with Crippen LogP contribution in [0.15, 0.2) is 60.8 Å². The third-order valence-corrected chi connectivity index (χ3v) is 16.8. The molecule has 6 N–H and O–H groups in total. The van der Waals surface area contributed by atoms with Crippen molar-refractivity contribution in [1.29, 1.82) is 0 Å². The first-order valence-electron chi connectivity index (χ1n) is 35.5. The zero-order valence-electron chi connectivity index (χ0n) is 53.8. The number of rotatable bonds is 62. The van der Waals surface area contributed by atoms with E-state index in [1.807, 2.05) is 6.08 Å². The number of hydrogen-bond donors (Lipinski definition) is 6. The highest BCUT2D eigenvalue weighted by Gasteiger charge is 2.44. The molecule has 1 aliphatic heterocycles. The molecule has 1 heterocycles. The number of hydrogen-bond acceptors (Lipinski definition) is 8. The smallest absolute Gasteiger partial charge is 0.220 e. The minimum atomic E-state index is -1.57. The second-order valence-electron chi connectivity index (χ2n) is 24.7. The Morgan fingerprint density at radius 3 is 1.11 bits per heavy atom. The van der Waals surface area contributed by atoms with Crippen molar-refractivity contribution in [3.63, 3.8) is 0 Å². The zero-order chi connectivity index (χ0) is 59.3. The molecule has 1 aliphatic rings. The molecule has 1 amide bonds. The maximum Gasteiger partial charge on any atom is 0.220 e. The van der Waals surface area contributed by atoms with Crippen LogP contribution in [-0.2, 0) is 14.3 Å². The van der Waals surface area contributed by atoms with Crippen molar-refractivity contribution in [3.05, 3.63) is 60.8 Å². The topological polar surface area (TPSA) is 149 Å². The summed E-state index contributed by atoms with van der Waals surface area (Å²) in [6, 6.07) is -0.824. The van der Waals surface area contributed by atoms with E-state index in [0.717, 1.165) is 51.4 Å². The van der Waals surface area contributed by atoms with Gasteiger partial charge in [0.25, 0.3) is 0 Å². The summed E-state index contributed by atoms with van der Waals surface area (Å²) < 4.78 is 11.3. The average molecular weight is 1150 g/mol. The van der Waals surface area contributed by atoms with Crippen LogP contribution in [0.3, 0.4) is 0 Å². The Hall–Kier alpha value is -2.11. The van der Waals surface area contributed by atoms with Crippen LogP contribution < -0.4 is 5.32 Å². The monoisotopic (exact) mass is 1150 g/mol. The lowest BCUT2D eigenvalue weighted by Gasteiger charge is -2.40. The lowest BCUT2D eigenvalue weighted by Crippen LogP contribution is -2.60. The first-order valence-corrected chi connectivity index (χ1v) is 35.5. The molecule has 0 spiro atoms. The van der Waals surface area contributed by atoms with Gasteiger partial charge in [0.15, 0.2) is 6.29 Å². The van der Waals surface area contributed by atoms with Gasteiger partial charge in [0.05, 0.1) is 25.4 Å². The highest BCUT2D eigenvalue weighted by molar-refractivity contribution is 5.76. The maximum atomic E-state index is 13.1. The quantitative estimate of drug-likeness (QED) is 0.0261. The van der Waals surface area contributed by atoms with Crippen molar-refractivity contribution in [2.75, 3.05) is 13.2 Å². The highest BCUT2D eigenvalue weighted by atomic mass is 16.7. The molecule has 7 atom stereocenters. The van der Waals surface area contributed by atoms with E-state index in [9.17, 15) is 30.3 Å². The number of carbonyl (C=O) groups is 1. The first kappa shape index (κ1) is 77.9. The van der Waals surface area contributed by atoms with E-state index in [-0.39, 0.29) is 12.5 Å². The molecule has 7 unspecified atom stereocenters. The summed E-state index contributed by atoms with van der Waals surface area (Å²) in [7, 11) is 0. The molecular weight excluding hydrogens is 1020 g/mol. The molecule has 0 aliphatic carbocycles. The van der Waals surface area contributed by atoms with Gasteiger partial charge in [-0.15, -0.1) is 0 Å². The first-order chi connectivity index (χ1) is 40.3. The van der Waals surface area contributed by atoms with Crippen molar-refractivity contribution in [3.8, 4) is 0 Å². The van der Waals surface area contributed by atoms with E-state index in [1.54, 1.807) is 6.08 Å². The molecule has 0 aromatic rings. The van der Waals surface area contributed by atoms with Gasteiger partial charge in [-0.1, -0.05) is 325 Å². The Bertz CT molecular complexity index is 1480. The summed E-state index contributed by atoms with van der Waals surface area (Å²) in [5, 5.41) is 54.7. The maximum absolute atomic E-state index is 13.1. The molecule has 1 saturated heterocycles. The van der Waals surface area contributed by atoms with Crippen LogP contribution in [0.5, 0.6) is 0 Å². The van der Waals surface area contributed by atoms with Gasteiger partial charge in [0.1, 0.15) is 24.4 Å². The van der Waals surface area contributed by atoms with E-state index in [4.69, 9.17) is 9.47 Å². The molecule has 0 radical (unpaired) electrons. The van der Waals surface area contributed by atoms with Gasteiger partial charge in [-0.25, -0.2) is 0 Å². The van der Waals surface area contributed by atoms with Gasteiger partial charge in [0.2, 0.25) is 5.91 Å². The molecule has 0 saturated carbocycles. The molecular formula is C73H135NO8. The third-order valence-electron chi connectivity index (χ3n) is 16.8. The summed E-state index contributed by atoms with van der Waals surface area (Å²) in [5.74, 6) is -0.181. The number of nitrogens with one attached hydrogen (secondary N) is 1. The van der Waals surface area contributed by atoms with Crippen molar-refractivity contribution in [2.45, 2.75) is 384 Å². The normalized spacial score (nSPS) is 18.6. The fraction of sp³-hybridized carbons (Fsp3) is 0.849. The van der Waals surface area contributed by atoms with E-state index >= 15 is 0 Å². The summed E-state index contributed by atoms with van der Waals surface area (Å²) in [4.78, 5) is 13.1. The van der Waals surface area contributed by atoms with Crippen LogP contribution in [0.25, 0.3) is 0 Å². The number of ether oxygens (including phenoxy) is 2. The molecule has 9 nitrogen and oxygen atoms in total. The number of aliphatic hydroxyl groups is 5. The predicted molar refractivity (Wildman–Crippen MR) is 350 cm³/mol. The van der Waals surface area contributed by atoms with Gasteiger partial charge in [-0.2, -0.15) is 0 Å². The lowest BCUT2D eigenvalue weighted by atomic mass is 9.99. The Morgan fingerprint density at radius 2 is 0.732 bits per heavy atom. The minimum absolute atomic E-state index is 0.181. The Kier molecular flexibility index (Phi) is 58.9.